The molecule has 0 saturated carbocycles. The average molecular weight is 298 g/mol. The smallest absolute Gasteiger partial charge is 0.243 e. The van der Waals surface area contributed by atoms with Gasteiger partial charge in [0, 0.05) is 18.2 Å². The minimum atomic E-state index is -0.440. The molecule has 108 valence electrons. The normalized spacial score (nSPS) is 10.2. The highest BCUT2D eigenvalue weighted by molar-refractivity contribution is 6.30. The predicted molar refractivity (Wildman–Crippen MR) is 76.5 cm³/mol. The van der Waals surface area contributed by atoms with Gasteiger partial charge in [-0.3, -0.25) is 19.3 Å². The number of carbonyl (C=O) groups excluding carboxylic acids is 3. The lowest BCUT2D eigenvalue weighted by molar-refractivity contribution is -0.117. The van der Waals surface area contributed by atoms with Crippen LogP contribution in [-0.2, 0) is 9.53 Å². The van der Waals surface area contributed by atoms with E-state index in [1.165, 1.54) is 25.9 Å². The number of carbonyl (C=O) groups is 3. The summed E-state index contributed by atoms with van der Waals surface area (Å²) in [6, 6.07) is 4.73. The van der Waals surface area contributed by atoms with Crippen molar-refractivity contribution in [2.75, 3.05) is 24.6 Å². The summed E-state index contributed by atoms with van der Waals surface area (Å²) >= 11 is 5.58. The van der Waals surface area contributed by atoms with E-state index in [0.29, 0.717) is 0 Å². The summed E-state index contributed by atoms with van der Waals surface area (Å²) in [6.45, 7) is 2.66. The van der Waals surface area contributed by atoms with Crippen LogP contribution in [0.2, 0.25) is 0 Å². The fraction of sp³-hybridized carbons (Fsp3) is 0.357. The number of anilines is 1. The van der Waals surface area contributed by atoms with Crippen LogP contribution in [0.15, 0.2) is 18.2 Å². The SMILES string of the molecule is COCN(C(=O)CCl)c1c(C(C)=O)cccc1C(C)=O. The molecule has 0 aromatic heterocycles. The Morgan fingerprint density at radius 2 is 1.65 bits per heavy atom. The molecule has 0 fully saturated rings. The topological polar surface area (TPSA) is 63.7 Å². The third kappa shape index (κ3) is 3.43. The summed E-state index contributed by atoms with van der Waals surface area (Å²) in [5, 5.41) is 0. The molecular formula is C14H16ClNO4. The number of rotatable bonds is 6. The predicted octanol–water partition coefficient (Wildman–Crippen LogP) is 2.27. The zero-order valence-corrected chi connectivity index (χ0v) is 12.4. The van der Waals surface area contributed by atoms with E-state index in [1.807, 2.05) is 0 Å². The highest BCUT2D eigenvalue weighted by Crippen LogP contribution is 2.27. The molecule has 0 N–H and O–H groups in total. The summed E-state index contributed by atoms with van der Waals surface area (Å²) in [5.74, 6) is -1.20. The largest absolute Gasteiger partial charge is 0.364 e. The van der Waals surface area contributed by atoms with Crippen molar-refractivity contribution in [1.29, 1.82) is 0 Å². The van der Waals surface area contributed by atoms with E-state index in [2.05, 4.69) is 0 Å². The van der Waals surface area contributed by atoms with Crippen LogP contribution in [0.25, 0.3) is 0 Å². The number of benzene rings is 1. The maximum atomic E-state index is 11.9. The summed E-state index contributed by atoms with van der Waals surface area (Å²) in [6.07, 6.45) is 0. The third-order valence-corrected chi connectivity index (χ3v) is 2.97. The van der Waals surface area contributed by atoms with Crippen LogP contribution >= 0.6 is 11.6 Å². The summed E-state index contributed by atoms with van der Waals surface area (Å²) in [4.78, 5) is 36.6. The second-order valence-electron chi connectivity index (χ2n) is 4.19. The molecule has 0 aliphatic rings. The lowest BCUT2D eigenvalue weighted by Crippen LogP contribution is -2.36. The van der Waals surface area contributed by atoms with E-state index < -0.39 is 5.91 Å². The van der Waals surface area contributed by atoms with E-state index in [-0.39, 0.29) is 41.0 Å². The number of ether oxygens (including phenoxy) is 1. The Bertz CT molecular complexity index is 510. The molecule has 1 rings (SSSR count). The Morgan fingerprint density at radius 1 is 1.15 bits per heavy atom. The van der Waals surface area contributed by atoms with Crippen molar-refractivity contribution in [3.8, 4) is 0 Å². The lowest BCUT2D eigenvalue weighted by Gasteiger charge is -2.25. The molecule has 20 heavy (non-hydrogen) atoms. The van der Waals surface area contributed by atoms with Crippen LogP contribution < -0.4 is 4.90 Å². The zero-order valence-electron chi connectivity index (χ0n) is 11.6. The Balaban J connectivity index is 3.54. The number of para-hydroxylation sites is 1. The van der Waals surface area contributed by atoms with Crippen LogP contribution in [0.3, 0.4) is 0 Å². The quantitative estimate of drug-likeness (QED) is 0.459. The van der Waals surface area contributed by atoms with Gasteiger partial charge in [0.2, 0.25) is 5.91 Å². The van der Waals surface area contributed by atoms with Gasteiger partial charge in [-0.2, -0.15) is 0 Å². The molecule has 0 aliphatic carbocycles. The van der Waals surface area contributed by atoms with Crippen molar-refractivity contribution in [3.63, 3.8) is 0 Å². The summed E-state index contributed by atoms with van der Waals surface area (Å²) < 4.78 is 4.97. The second-order valence-corrected chi connectivity index (χ2v) is 4.45. The van der Waals surface area contributed by atoms with Gasteiger partial charge < -0.3 is 4.74 Å². The van der Waals surface area contributed by atoms with E-state index in [9.17, 15) is 14.4 Å². The Kier molecular flexibility index (Phi) is 5.85. The monoisotopic (exact) mass is 297 g/mol. The van der Waals surface area contributed by atoms with Gasteiger partial charge in [-0.25, -0.2) is 0 Å². The van der Waals surface area contributed by atoms with Gasteiger partial charge in [-0.1, -0.05) is 6.07 Å². The highest BCUT2D eigenvalue weighted by Gasteiger charge is 2.24. The minimum Gasteiger partial charge on any atom is -0.364 e. The first-order valence-electron chi connectivity index (χ1n) is 5.94. The fourth-order valence-corrected chi connectivity index (χ4v) is 2.01. The number of methoxy groups -OCH3 is 1. The van der Waals surface area contributed by atoms with Gasteiger partial charge in [-0.05, 0) is 26.0 Å². The number of halogens is 1. The molecule has 0 radical (unpaired) electrons. The van der Waals surface area contributed by atoms with Crippen molar-refractivity contribution in [2.45, 2.75) is 13.8 Å². The van der Waals surface area contributed by atoms with Crippen molar-refractivity contribution in [3.05, 3.63) is 29.3 Å². The van der Waals surface area contributed by atoms with E-state index >= 15 is 0 Å². The third-order valence-electron chi connectivity index (χ3n) is 2.74. The second kappa shape index (κ2) is 7.17. The first-order chi connectivity index (χ1) is 9.43. The number of ketones is 2. The van der Waals surface area contributed by atoms with E-state index in [0.717, 1.165) is 0 Å². The number of hydrogen-bond acceptors (Lipinski definition) is 4. The zero-order chi connectivity index (χ0) is 15.3. The lowest BCUT2D eigenvalue weighted by atomic mass is 10.0. The molecule has 1 aromatic rings. The molecule has 5 nitrogen and oxygen atoms in total. The van der Waals surface area contributed by atoms with Crippen molar-refractivity contribution in [2.24, 2.45) is 0 Å². The van der Waals surface area contributed by atoms with Gasteiger partial charge in [0.1, 0.15) is 12.6 Å². The Morgan fingerprint density at radius 3 is 2.00 bits per heavy atom. The molecule has 1 amide bonds. The molecule has 0 aliphatic heterocycles. The van der Waals surface area contributed by atoms with Crippen LogP contribution in [-0.4, -0.2) is 37.2 Å². The number of Topliss-reactive ketones (excluding diaryl/α,β-unsaturated/α-hetero) is 2. The van der Waals surface area contributed by atoms with Gasteiger partial charge in [0.15, 0.2) is 11.6 Å². The number of hydrogen-bond donors (Lipinski definition) is 0. The van der Waals surface area contributed by atoms with E-state index in [1.54, 1.807) is 18.2 Å². The Labute approximate surface area is 122 Å². The van der Waals surface area contributed by atoms with Crippen LogP contribution in [0.4, 0.5) is 5.69 Å². The van der Waals surface area contributed by atoms with Crippen LogP contribution in [0.5, 0.6) is 0 Å². The Hall–Kier alpha value is -1.72. The fourth-order valence-electron chi connectivity index (χ4n) is 1.86. The summed E-state index contributed by atoms with van der Waals surface area (Å²) in [5.41, 5.74) is 0.821. The molecule has 6 heteroatoms. The molecule has 0 heterocycles. The maximum absolute atomic E-state index is 11.9. The molecule has 1 aromatic carbocycles. The number of nitrogens with zero attached hydrogens (tertiary/aromatic N) is 1. The molecular weight excluding hydrogens is 282 g/mol. The molecule has 0 saturated heterocycles. The van der Waals surface area contributed by atoms with Crippen LogP contribution in [0.1, 0.15) is 34.6 Å². The van der Waals surface area contributed by atoms with E-state index in [4.69, 9.17) is 16.3 Å². The molecule has 0 atom stereocenters. The first kappa shape index (κ1) is 16.3. The van der Waals surface area contributed by atoms with Gasteiger partial charge in [0.05, 0.1) is 5.69 Å². The number of amides is 1. The number of alkyl halides is 1. The van der Waals surface area contributed by atoms with Gasteiger partial charge >= 0.3 is 0 Å². The average Bonchev–Trinajstić information content (AvgIpc) is 2.43. The standard InChI is InChI=1S/C14H16ClNO4/c1-9(17)11-5-4-6-12(10(2)18)14(11)16(8-20-3)13(19)7-15/h4-6H,7-8H2,1-3H3. The molecule has 0 unspecified atom stereocenters. The summed E-state index contributed by atoms with van der Waals surface area (Å²) in [7, 11) is 1.42. The molecule has 0 bridgehead atoms. The minimum absolute atomic E-state index is 0.0872. The van der Waals surface area contributed by atoms with Crippen LogP contribution in [0, 0.1) is 0 Å². The van der Waals surface area contributed by atoms with Crippen molar-refractivity contribution < 1.29 is 19.1 Å². The highest BCUT2D eigenvalue weighted by atomic mass is 35.5. The van der Waals surface area contributed by atoms with Crippen molar-refractivity contribution >= 4 is 34.8 Å². The maximum Gasteiger partial charge on any atom is 0.243 e. The van der Waals surface area contributed by atoms with Gasteiger partial charge in [0.25, 0.3) is 0 Å². The van der Waals surface area contributed by atoms with Crippen molar-refractivity contribution in [1.82, 2.24) is 0 Å². The first-order valence-corrected chi connectivity index (χ1v) is 6.47. The van der Waals surface area contributed by atoms with Gasteiger partial charge in [-0.15, -0.1) is 11.6 Å². The molecule has 0 spiro atoms.